The number of pyridine rings is 2. The highest BCUT2D eigenvalue weighted by molar-refractivity contribution is 5.81. The van der Waals surface area contributed by atoms with E-state index in [1.807, 2.05) is 41.1 Å². The van der Waals surface area contributed by atoms with E-state index in [0.29, 0.717) is 18.9 Å². The molecule has 1 saturated heterocycles. The predicted molar refractivity (Wildman–Crippen MR) is 105 cm³/mol. The number of aromatic nitrogens is 3. The number of carbonyl (C=O) groups is 1. The summed E-state index contributed by atoms with van der Waals surface area (Å²) in [6, 6.07) is 10.7. The van der Waals surface area contributed by atoms with Crippen LogP contribution in [0.15, 0.2) is 53.6 Å². The first-order chi connectivity index (χ1) is 13.7. The van der Waals surface area contributed by atoms with Crippen molar-refractivity contribution in [2.45, 2.75) is 24.8 Å². The van der Waals surface area contributed by atoms with Crippen molar-refractivity contribution in [3.63, 3.8) is 0 Å². The third-order valence-corrected chi connectivity index (χ3v) is 5.91. The van der Waals surface area contributed by atoms with E-state index in [-0.39, 0.29) is 17.4 Å². The van der Waals surface area contributed by atoms with Gasteiger partial charge in [-0.2, -0.15) is 0 Å². The highest BCUT2D eigenvalue weighted by Gasteiger charge is 2.41. The molecule has 0 spiro atoms. The molecule has 0 saturated carbocycles. The van der Waals surface area contributed by atoms with Gasteiger partial charge in [0.1, 0.15) is 11.7 Å². The van der Waals surface area contributed by atoms with Crippen LogP contribution in [-0.2, 0) is 11.2 Å². The number of carbonyl (C=O) groups excluding carboxylic acids is 1. The molecule has 3 aromatic rings. The summed E-state index contributed by atoms with van der Waals surface area (Å²) >= 11 is 0. The maximum Gasteiger partial charge on any atom is 0.251 e. The van der Waals surface area contributed by atoms with Crippen LogP contribution in [0.5, 0.6) is 0 Å². The van der Waals surface area contributed by atoms with Gasteiger partial charge in [-0.3, -0.25) is 14.2 Å². The lowest BCUT2D eigenvalue weighted by Gasteiger charge is -2.42. The first kappa shape index (κ1) is 17.2. The Kier molecular flexibility index (Phi) is 4.24. The van der Waals surface area contributed by atoms with Crippen molar-refractivity contribution in [2.75, 3.05) is 19.6 Å². The third kappa shape index (κ3) is 2.92. The van der Waals surface area contributed by atoms with Crippen LogP contribution < -0.4 is 16.2 Å². The first-order valence-corrected chi connectivity index (χ1v) is 9.83. The van der Waals surface area contributed by atoms with E-state index in [1.165, 1.54) is 0 Å². The average Bonchev–Trinajstić information content (AvgIpc) is 3.12. The molecule has 2 N–H and O–H groups in total. The van der Waals surface area contributed by atoms with Crippen molar-refractivity contribution in [3.8, 4) is 0 Å². The molecule has 5 heterocycles. The van der Waals surface area contributed by atoms with Gasteiger partial charge in [-0.1, -0.05) is 12.1 Å². The Morgan fingerprint density at radius 3 is 3.04 bits per heavy atom. The molecule has 5 rings (SSSR count). The number of fused-ring (bicyclic) bond motifs is 5. The number of piperidine rings is 1. The summed E-state index contributed by atoms with van der Waals surface area (Å²) in [4.78, 5) is 30.2. The Labute approximate surface area is 162 Å². The Hall–Kier alpha value is -2.93. The number of hydrogen-bond donors (Lipinski definition) is 2. The summed E-state index contributed by atoms with van der Waals surface area (Å²) in [6.07, 6.45) is 5.54. The van der Waals surface area contributed by atoms with Crippen LogP contribution in [0.2, 0.25) is 0 Å². The quantitative estimate of drug-likeness (QED) is 0.714. The molecule has 144 valence electrons. The summed E-state index contributed by atoms with van der Waals surface area (Å²) in [5.41, 5.74) is 2.72. The summed E-state index contributed by atoms with van der Waals surface area (Å²) in [5, 5.41) is 6.46. The van der Waals surface area contributed by atoms with Gasteiger partial charge < -0.3 is 15.0 Å². The van der Waals surface area contributed by atoms with Crippen LogP contribution in [0.4, 0.5) is 0 Å². The summed E-state index contributed by atoms with van der Waals surface area (Å²) in [5.74, 6) is 0.363. The maximum atomic E-state index is 13.1. The van der Waals surface area contributed by atoms with E-state index in [2.05, 4.69) is 15.6 Å². The number of rotatable bonds is 4. The third-order valence-electron chi connectivity index (χ3n) is 5.91. The maximum absolute atomic E-state index is 13.1. The fraction of sp³-hybridized carbons (Fsp3) is 0.381. The van der Waals surface area contributed by atoms with Gasteiger partial charge in [0.2, 0.25) is 5.91 Å². The van der Waals surface area contributed by atoms with Crippen LogP contribution in [0.25, 0.3) is 5.65 Å². The molecule has 0 unspecified atom stereocenters. The molecule has 0 aliphatic carbocycles. The zero-order valence-corrected chi connectivity index (χ0v) is 15.5. The second kappa shape index (κ2) is 6.91. The molecule has 3 atom stereocenters. The molecular formula is C21H23N5O2. The smallest absolute Gasteiger partial charge is 0.251 e. The van der Waals surface area contributed by atoms with Gasteiger partial charge in [0.25, 0.3) is 5.56 Å². The second-order valence-electron chi connectivity index (χ2n) is 7.69. The molecule has 2 bridgehead atoms. The van der Waals surface area contributed by atoms with Crippen molar-refractivity contribution in [3.05, 3.63) is 70.5 Å². The van der Waals surface area contributed by atoms with Gasteiger partial charge in [-0.25, -0.2) is 4.98 Å². The van der Waals surface area contributed by atoms with Crippen molar-refractivity contribution in [1.82, 2.24) is 24.6 Å². The van der Waals surface area contributed by atoms with Gasteiger partial charge in [-0.15, -0.1) is 0 Å². The lowest BCUT2D eigenvalue weighted by atomic mass is 9.79. The van der Waals surface area contributed by atoms with Crippen molar-refractivity contribution < 1.29 is 4.79 Å². The largest absolute Gasteiger partial charge is 0.354 e. The molecule has 7 heteroatoms. The number of nitrogens with one attached hydrogen (secondary N) is 2. The Morgan fingerprint density at radius 1 is 1.21 bits per heavy atom. The fourth-order valence-corrected chi connectivity index (χ4v) is 4.66. The van der Waals surface area contributed by atoms with E-state index in [9.17, 15) is 9.59 Å². The highest BCUT2D eigenvalue weighted by Crippen LogP contribution is 2.38. The summed E-state index contributed by atoms with van der Waals surface area (Å²) < 4.78 is 3.70. The predicted octanol–water partition coefficient (Wildman–Crippen LogP) is 1.10. The van der Waals surface area contributed by atoms with Crippen LogP contribution in [0.1, 0.15) is 29.8 Å². The van der Waals surface area contributed by atoms with E-state index in [1.54, 1.807) is 16.7 Å². The molecular weight excluding hydrogens is 354 g/mol. The van der Waals surface area contributed by atoms with Crippen LogP contribution in [0.3, 0.4) is 0 Å². The monoisotopic (exact) mass is 377 g/mol. The molecule has 28 heavy (non-hydrogen) atoms. The van der Waals surface area contributed by atoms with Gasteiger partial charge >= 0.3 is 0 Å². The van der Waals surface area contributed by atoms with E-state index < -0.39 is 6.04 Å². The number of amides is 1. The molecule has 2 aliphatic heterocycles. The van der Waals surface area contributed by atoms with Crippen molar-refractivity contribution in [2.24, 2.45) is 5.92 Å². The molecule has 1 fully saturated rings. The number of hydrogen-bond acceptors (Lipinski definition) is 4. The lowest BCUT2D eigenvalue weighted by Crippen LogP contribution is -2.52. The number of imidazole rings is 1. The minimum atomic E-state index is -0.450. The van der Waals surface area contributed by atoms with Crippen molar-refractivity contribution in [1.29, 1.82) is 0 Å². The van der Waals surface area contributed by atoms with E-state index in [4.69, 9.17) is 0 Å². The minimum absolute atomic E-state index is 0.0783. The highest BCUT2D eigenvalue weighted by atomic mass is 16.2. The first-order valence-electron chi connectivity index (χ1n) is 9.83. The fourth-order valence-electron chi connectivity index (χ4n) is 4.66. The van der Waals surface area contributed by atoms with Gasteiger partial charge in [0.15, 0.2) is 0 Å². The molecule has 0 aromatic carbocycles. The van der Waals surface area contributed by atoms with Gasteiger partial charge in [0.05, 0.1) is 5.69 Å². The van der Waals surface area contributed by atoms with Gasteiger partial charge in [-0.05, 0) is 24.6 Å². The molecule has 3 aromatic heterocycles. The van der Waals surface area contributed by atoms with Crippen molar-refractivity contribution >= 4 is 11.6 Å². The summed E-state index contributed by atoms with van der Waals surface area (Å²) in [6.45, 7) is 2.13. The summed E-state index contributed by atoms with van der Waals surface area (Å²) in [7, 11) is 0. The van der Waals surface area contributed by atoms with E-state index in [0.717, 1.165) is 36.5 Å². The zero-order chi connectivity index (χ0) is 19.1. The standard InChI is InChI=1S/C21H23N5O2/c27-19-6-3-4-17-14-10-15(12-22-11-14)20(26(17)19)21(28)23-8-7-16-13-25-9-2-1-5-18(25)24-16/h1-6,9,13-15,20,22H,7-8,10-12H2,(H,23,28)/t14-,15+,20-/m1/s1. The Balaban J connectivity index is 1.33. The molecule has 1 amide bonds. The zero-order valence-electron chi connectivity index (χ0n) is 15.5. The van der Waals surface area contributed by atoms with Crippen LogP contribution in [-0.4, -0.2) is 39.5 Å². The minimum Gasteiger partial charge on any atom is -0.354 e. The SMILES string of the molecule is O=C(NCCc1cn2ccccc2n1)[C@H]1[C@@H]2CNC[C@@H](C2)c2cccc(=O)n21. The van der Waals surface area contributed by atoms with Crippen LogP contribution >= 0.6 is 0 Å². The molecule has 7 nitrogen and oxygen atoms in total. The second-order valence-corrected chi connectivity index (χ2v) is 7.69. The average molecular weight is 377 g/mol. The van der Waals surface area contributed by atoms with Gasteiger partial charge in [0, 0.05) is 62.0 Å². The molecule has 2 aliphatic rings. The lowest BCUT2D eigenvalue weighted by molar-refractivity contribution is -0.126. The van der Waals surface area contributed by atoms with Crippen LogP contribution in [0, 0.1) is 5.92 Å². The number of nitrogens with zero attached hydrogens (tertiary/aromatic N) is 3. The Morgan fingerprint density at radius 2 is 2.14 bits per heavy atom. The Bertz CT molecular complexity index is 1050. The normalized spacial score (nSPS) is 23.4. The molecule has 0 radical (unpaired) electrons. The van der Waals surface area contributed by atoms with E-state index >= 15 is 0 Å². The topological polar surface area (TPSA) is 80.4 Å².